The average Bonchev–Trinajstić information content (AvgIpc) is 2.81. The second-order valence-electron chi connectivity index (χ2n) is 4.60. The Morgan fingerprint density at radius 2 is 2.37 bits per heavy atom. The van der Waals surface area contributed by atoms with E-state index >= 15 is 0 Å². The summed E-state index contributed by atoms with van der Waals surface area (Å²) in [7, 11) is 0. The predicted octanol–water partition coefficient (Wildman–Crippen LogP) is 2.39. The summed E-state index contributed by atoms with van der Waals surface area (Å²) in [6.07, 6.45) is 1.12. The van der Waals surface area contributed by atoms with Crippen molar-refractivity contribution in [3.8, 4) is 0 Å². The molecule has 4 nitrogen and oxygen atoms in total. The van der Waals surface area contributed by atoms with Crippen LogP contribution in [0, 0.1) is 5.92 Å². The van der Waals surface area contributed by atoms with Gasteiger partial charge < -0.3 is 10.2 Å². The minimum absolute atomic E-state index is 0.0503. The highest BCUT2D eigenvalue weighted by Crippen LogP contribution is 2.24. The molecule has 0 spiro atoms. The van der Waals surface area contributed by atoms with E-state index in [9.17, 15) is 9.59 Å². The van der Waals surface area contributed by atoms with Crippen molar-refractivity contribution in [1.82, 2.24) is 10.2 Å². The van der Waals surface area contributed by atoms with Crippen LogP contribution in [-0.4, -0.2) is 29.8 Å². The fourth-order valence-electron chi connectivity index (χ4n) is 2.17. The number of thiophene rings is 1. The number of piperidine rings is 1. The van der Waals surface area contributed by atoms with E-state index in [0.717, 1.165) is 3.79 Å². The zero-order chi connectivity index (χ0) is 13.8. The van der Waals surface area contributed by atoms with Crippen molar-refractivity contribution in [3.63, 3.8) is 0 Å². The fraction of sp³-hybridized carbons (Fsp3) is 0.538. The molecule has 0 aromatic carbocycles. The molecule has 1 aromatic rings. The molecule has 1 saturated heterocycles. The lowest BCUT2D eigenvalue weighted by atomic mass is 9.97. The Morgan fingerprint density at radius 1 is 1.58 bits per heavy atom. The highest BCUT2D eigenvalue weighted by Gasteiger charge is 2.27. The Balaban J connectivity index is 1.96. The number of hydrogen-bond acceptors (Lipinski definition) is 3. The molecule has 1 aliphatic heterocycles. The molecule has 1 aromatic heterocycles. The molecule has 6 heteroatoms. The van der Waals surface area contributed by atoms with E-state index in [0.29, 0.717) is 32.5 Å². The summed E-state index contributed by atoms with van der Waals surface area (Å²) in [6.45, 7) is 3.80. The van der Waals surface area contributed by atoms with Gasteiger partial charge in [-0.1, -0.05) is 0 Å². The third-order valence-corrected chi connectivity index (χ3v) is 4.89. The zero-order valence-corrected chi connectivity index (χ0v) is 13.2. The maximum absolute atomic E-state index is 12.4. The summed E-state index contributed by atoms with van der Waals surface area (Å²) < 4.78 is 1.08. The van der Waals surface area contributed by atoms with Crippen LogP contribution >= 0.6 is 27.3 Å². The highest BCUT2D eigenvalue weighted by atomic mass is 79.9. The van der Waals surface area contributed by atoms with Crippen molar-refractivity contribution >= 4 is 39.1 Å². The normalized spacial score (nSPS) is 19.1. The van der Waals surface area contributed by atoms with Crippen molar-refractivity contribution in [2.24, 2.45) is 5.92 Å². The smallest absolute Gasteiger partial charge is 0.227 e. The van der Waals surface area contributed by atoms with Crippen LogP contribution in [0.25, 0.3) is 0 Å². The molecule has 1 fully saturated rings. The van der Waals surface area contributed by atoms with Gasteiger partial charge in [0.2, 0.25) is 11.8 Å². The first-order valence-corrected chi connectivity index (χ1v) is 8.00. The lowest BCUT2D eigenvalue weighted by molar-refractivity contribution is -0.137. The number of amides is 2. The van der Waals surface area contributed by atoms with Crippen LogP contribution in [-0.2, 0) is 16.1 Å². The van der Waals surface area contributed by atoms with Crippen molar-refractivity contribution in [3.05, 3.63) is 20.8 Å². The number of rotatable bonds is 4. The molecule has 1 aliphatic rings. The topological polar surface area (TPSA) is 49.4 Å². The Morgan fingerprint density at radius 3 is 2.89 bits per heavy atom. The van der Waals surface area contributed by atoms with E-state index in [-0.39, 0.29) is 17.7 Å². The maximum Gasteiger partial charge on any atom is 0.227 e. The molecule has 0 radical (unpaired) electrons. The van der Waals surface area contributed by atoms with Crippen LogP contribution in [0.1, 0.15) is 24.6 Å². The minimum atomic E-state index is -0.0685. The van der Waals surface area contributed by atoms with Gasteiger partial charge in [0.1, 0.15) is 0 Å². The third kappa shape index (κ3) is 3.79. The second kappa shape index (κ2) is 6.52. The first-order valence-electron chi connectivity index (χ1n) is 6.40. The quantitative estimate of drug-likeness (QED) is 0.911. The van der Waals surface area contributed by atoms with Gasteiger partial charge in [-0.15, -0.1) is 11.3 Å². The van der Waals surface area contributed by atoms with E-state index in [1.165, 1.54) is 4.88 Å². The summed E-state index contributed by atoms with van der Waals surface area (Å²) >= 11 is 5.08. The number of nitrogens with one attached hydrogen (secondary N) is 1. The molecule has 2 heterocycles. The van der Waals surface area contributed by atoms with Gasteiger partial charge in [-0.05, 0) is 41.4 Å². The van der Waals surface area contributed by atoms with Crippen molar-refractivity contribution in [2.45, 2.75) is 26.3 Å². The molecule has 2 amide bonds. The van der Waals surface area contributed by atoms with Crippen molar-refractivity contribution in [2.75, 3.05) is 13.1 Å². The first-order chi connectivity index (χ1) is 9.10. The van der Waals surface area contributed by atoms with Gasteiger partial charge in [0.15, 0.2) is 0 Å². The van der Waals surface area contributed by atoms with Crippen LogP contribution < -0.4 is 5.32 Å². The molecule has 19 heavy (non-hydrogen) atoms. The molecule has 0 saturated carbocycles. The van der Waals surface area contributed by atoms with Crippen LogP contribution in [0.3, 0.4) is 0 Å². The molecule has 2 rings (SSSR count). The molecule has 1 N–H and O–H groups in total. The summed E-state index contributed by atoms with van der Waals surface area (Å²) in [4.78, 5) is 26.6. The molecule has 1 atom stereocenters. The van der Waals surface area contributed by atoms with Crippen molar-refractivity contribution in [1.29, 1.82) is 0 Å². The molecule has 104 valence electrons. The van der Waals surface area contributed by atoms with Gasteiger partial charge in [-0.25, -0.2) is 0 Å². The Kier molecular flexibility index (Phi) is 4.99. The van der Waals surface area contributed by atoms with Gasteiger partial charge >= 0.3 is 0 Å². The zero-order valence-electron chi connectivity index (χ0n) is 10.8. The monoisotopic (exact) mass is 344 g/mol. The maximum atomic E-state index is 12.4. The van der Waals surface area contributed by atoms with Crippen LogP contribution in [0.5, 0.6) is 0 Å². The molecular formula is C13H17BrN2O2S. The van der Waals surface area contributed by atoms with Gasteiger partial charge in [-0.3, -0.25) is 9.59 Å². The number of hydrogen-bond donors (Lipinski definition) is 1. The van der Waals surface area contributed by atoms with Crippen LogP contribution in [0.15, 0.2) is 15.9 Å². The fourth-order valence-corrected chi connectivity index (χ4v) is 3.67. The number of nitrogens with zero attached hydrogens (tertiary/aromatic N) is 1. The summed E-state index contributed by atoms with van der Waals surface area (Å²) in [5, 5.41) is 2.77. The second-order valence-corrected chi connectivity index (χ2v) is 7.15. The van der Waals surface area contributed by atoms with Crippen LogP contribution in [0.2, 0.25) is 0 Å². The number of carbonyl (C=O) groups is 2. The summed E-state index contributed by atoms with van der Waals surface area (Å²) in [5.74, 6) is 0.127. The average molecular weight is 345 g/mol. The molecular weight excluding hydrogens is 328 g/mol. The largest absolute Gasteiger partial charge is 0.355 e. The molecule has 0 aliphatic carbocycles. The molecule has 0 bridgehead atoms. The Bertz CT molecular complexity index is 465. The lowest BCUT2D eigenvalue weighted by Gasteiger charge is -2.28. The highest BCUT2D eigenvalue weighted by molar-refractivity contribution is 9.11. The van der Waals surface area contributed by atoms with Gasteiger partial charge in [0, 0.05) is 24.4 Å². The number of halogens is 1. The summed E-state index contributed by atoms with van der Waals surface area (Å²) in [6, 6.07) is 4.03. The van der Waals surface area contributed by atoms with Gasteiger partial charge in [0.05, 0.1) is 16.2 Å². The predicted molar refractivity (Wildman–Crippen MR) is 78.8 cm³/mol. The van der Waals surface area contributed by atoms with Crippen molar-refractivity contribution < 1.29 is 9.59 Å². The van der Waals surface area contributed by atoms with Gasteiger partial charge in [0.25, 0.3) is 0 Å². The molecule has 1 unspecified atom stereocenters. The van der Waals surface area contributed by atoms with E-state index in [1.807, 2.05) is 24.0 Å². The van der Waals surface area contributed by atoms with Gasteiger partial charge in [-0.2, -0.15) is 0 Å². The Hall–Kier alpha value is -0.880. The Labute approximate surface area is 125 Å². The van der Waals surface area contributed by atoms with Crippen LogP contribution in [0.4, 0.5) is 0 Å². The third-order valence-electron chi connectivity index (χ3n) is 3.28. The van der Waals surface area contributed by atoms with E-state index in [4.69, 9.17) is 0 Å². The van der Waals surface area contributed by atoms with E-state index in [1.54, 1.807) is 11.3 Å². The first kappa shape index (κ1) is 14.5. The van der Waals surface area contributed by atoms with E-state index < -0.39 is 0 Å². The minimum Gasteiger partial charge on any atom is -0.355 e. The van der Waals surface area contributed by atoms with E-state index in [2.05, 4.69) is 21.2 Å². The standard InChI is InChI=1S/C13H17BrN2O2S/c1-2-16(8-10-4-5-11(14)19-10)13(18)9-3-6-12(17)15-7-9/h4-5,9H,2-3,6-8H2,1H3,(H,15,17). The SMILES string of the molecule is CCN(Cc1ccc(Br)s1)C(=O)C1CCC(=O)NC1. The lowest BCUT2D eigenvalue weighted by Crippen LogP contribution is -2.44. The summed E-state index contributed by atoms with van der Waals surface area (Å²) in [5.41, 5.74) is 0. The number of carbonyl (C=O) groups excluding carboxylic acids is 2.